The number of aliphatic carboxylic acids is 1. The van der Waals surface area contributed by atoms with Crippen LogP contribution in [-0.2, 0) is 25.6 Å². The quantitative estimate of drug-likeness (QED) is 0.181. The summed E-state index contributed by atoms with van der Waals surface area (Å²) >= 11 is 0. The number of aliphatic hydroxyl groups is 2. The van der Waals surface area contributed by atoms with E-state index in [1.54, 1.807) is 44.2 Å². The summed E-state index contributed by atoms with van der Waals surface area (Å²) in [6.45, 7) is 2.07. The van der Waals surface area contributed by atoms with E-state index in [0.29, 0.717) is 6.42 Å². The molecule has 0 aromatic heterocycles. The standard InChI is InChI=1S/C21H32N4O7/c1-3-12(2)17(20(30)24-16(11-27)21(31)32)25-19(29)15(23-18(28)14(22)10-26)9-13-7-5-4-6-8-13/h4-8,12,14-17,26-27H,3,9-11,22H2,1-2H3,(H,23,28)(H,24,30)(H,25,29)(H,31,32). The van der Waals surface area contributed by atoms with Crippen LogP contribution in [0.4, 0.5) is 0 Å². The largest absolute Gasteiger partial charge is 0.480 e. The molecule has 0 saturated carbocycles. The van der Waals surface area contributed by atoms with E-state index >= 15 is 0 Å². The van der Waals surface area contributed by atoms with Gasteiger partial charge < -0.3 is 37.0 Å². The van der Waals surface area contributed by atoms with Crippen molar-refractivity contribution in [1.82, 2.24) is 16.0 Å². The Labute approximate surface area is 186 Å². The summed E-state index contributed by atoms with van der Waals surface area (Å²) in [4.78, 5) is 49.0. The summed E-state index contributed by atoms with van der Waals surface area (Å²) in [5.41, 5.74) is 6.28. The van der Waals surface area contributed by atoms with Crippen LogP contribution in [-0.4, -0.2) is 76.4 Å². The molecule has 178 valence electrons. The van der Waals surface area contributed by atoms with Gasteiger partial charge in [0.25, 0.3) is 0 Å². The van der Waals surface area contributed by atoms with Crippen molar-refractivity contribution in [1.29, 1.82) is 0 Å². The molecule has 0 radical (unpaired) electrons. The fourth-order valence-electron chi connectivity index (χ4n) is 2.82. The molecule has 0 fully saturated rings. The summed E-state index contributed by atoms with van der Waals surface area (Å²) in [5, 5.41) is 34.6. The van der Waals surface area contributed by atoms with E-state index < -0.39 is 61.1 Å². The number of benzene rings is 1. The summed E-state index contributed by atoms with van der Waals surface area (Å²) in [7, 11) is 0. The van der Waals surface area contributed by atoms with E-state index in [0.717, 1.165) is 5.56 Å². The van der Waals surface area contributed by atoms with Crippen LogP contribution in [0.5, 0.6) is 0 Å². The van der Waals surface area contributed by atoms with Crippen molar-refractivity contribution >= 4 is 23.7 Å². The maximum atomic E-state index is 13.0. The van der Waals surface area contributed by atoms with E-state index in [9.17, 15) is 19.2 Å². The number of hydrogen-bond acceptors (Lipinski definition) is 7. The van der Waals surface area contributed by atoms with Crippen LogP contribution >= 0.6 is 0 Å². The molecule has 8 N–H and O–H groups in total. The van der Waals surface area contributed by atoms with E-state index in [2.05, 4.69) is 16.0 Å². The van der Waals surface area contributed by atoms with Crippen LogP contribution in [0.15, 0.2) is 30.3 Å². The molecule has 0 aliphatic carbocycles. The van der Waals surface area contributed by atoms with Gasteiger partial charge in [0.05, 0.1) is 13.2 Å². The van der Waals surface area contributed by atoms with Crippen LogP contribution in [0.25, 0.3) is 0 Å². The highest BCUT2D eigenvalue weighted by atomic mass is 16.4. The number of carbonyl (C=O) groups is 4. The molecule has 1 aromatic rings. The fourth-order valence-corrected chi connectivity index (χ4v) is 2.82. The van der Waals surface area contributed by atoms with Gasteiger partial charge in [0.1, 0.15) is 24.2 Å². The van der Waals surface area contributed by atoms with Crippen LogP contribution in [0, 0.1) is 5.92 Å². The molecule has 11 heteroatoms. The van der Waals surface area contributed by atoms with Crippen molar-refractivity contribution in [2.75, 3.05) is 13.2 Å². The highest BCUT2D eigenvalue weighted by Gasteiger charge is 2.32. The lowest BCUT2D eigenvalue weighted by Gasteiger charge is -2.28. The molecule has 5 atom stereocenters. The number of aliphatic hydroxyl groups excluding tert-OH is 2. The van der Waals surface area contributed by atoms with Gasteiger partial charge >= 0.3 is 5.97 Å². The predicted octanol–water partition coefficient (Wildman–Crippen LogP) is -1.87. The predicted molar refractivity (Wildman–Crippen MR) is 115 cm³/mol. The number of nitrogens with two attached hydrogens (primary N) is 1. The minimum Gasteiger partial charge on any atom is -0.480 e. The SMILES string of the molecule is CCC(C)C(NC(=O)C(Cc1ccccc1)NC(=O)C(N)CO)C(=O)NC(CO)C(=O)O. The van der Waals surface area contributed by atoms with E-state index in [1.165, 1.54) is 0 Å². The molecule has 0 heterocycles. The smallest absolute Gasteiger partial charge is 0.328 e. The van der Waals surface area contributed by atoms with Gasteiger partial charge in [0.15, 0.2) is 0 Å². The molecule has 11 nitrogen and oxygen atoms in total. The van der Waals surface area contributed by atoms with Crippen LogP contribution in [0.3, 0.4) is 0 Å². The van der Waals surface area contributed by atoms with Crippen LogP contribution < -0.4 is 21.7 Å². The molecule has 5 unspecified atom stereocenters. The van der Waals surface area contributed by atoms with Crippen LogP contribution in [0.2, 0.25) is 0 Å². The highest BCUT2D eigenvalue weighted by Crippen LogP contribution is 2.10. The lowest BCUT2D eigenvalue weighted by molar-refractivity contribution is -0.143. The number of carboxylic acid groups (broad SMARTS) is 1. The van der Waals surface area contributed by atoms with Crippen molar-refractivity contribution in [3.8, 4) is 0 Å². The molecule has 1 aromatic carbocycles. The Bertz CT molecular complexity index is 775. The van der Waals surface area contributed by atoms with Crippen molar-refractivity contribution in [2.24, 2.45) is 11.7 Å². The minimum absolute atomic E-state index is 0.0970. The molecule has 32 heavy (non-hydrogen) atoms. The number of hydrogen-bond donors (Lipinski definition) is 7. The van der Waals surface area contributed by atoms with E-state index in [-0.39, 0.29) is 12.3 Å². The van der Waals surface area contributed by atoms with Crippen molar-refractivity contribution in [3.63, 3.8) is 0 Å². The Morgan fingerprint density at radius 1 is 0.906 bits per heavy atom. The lowest BCUT2D eigenvalue weighted by atomic mass is 9.96. The summed E-state index contributed by atoms with van der Waals surface area (Å²) in [6.07, 6.45) is 0.583. The second-order valence-electron chi connectivity index (χ2n) is 7.49. The zero-order valence-electron chi connectivity index (χ0n) is 18.2. The Morgan fingerprint density at radius 2 is 1.50 bits per heavy atom. The maximum Gasteiger partial charge on any atom is 0.328 e. The molecule has 3 amide bonds. The number of nitrogens with one attached hydrogen (secondary N) is 3. The number of carbonyl (C=O) groups excluding carboxylic acids is 3. The Kier molecular flexibility index (Phi) is 11.3. The van der Waals surface area contributed by atoms with Gasteiger partial charge in [-0.2, -0.15) is 0 Å². The van der Waals surface area contributed by atoms with Gasteiger partial charge in [0, 0.05) is 6.42 Å². The van der Waals surface area contributed by atoms with Gasteiger partial charge in [-0.3, -0.25) is 14.4 Å². The zero-order chi connectivity index (χ0) is 24.3. The van der Waals surface area contributed by atoms with Crippen molar-refractivity contribution in [2.45, 2.75) is 50.9 Å². The molecular formula is C21H32N4O7. The number of amides is 3. The first kappa shape index (κ1) is 27.0. The Balaban J connectivity index is 3.08. The molecule has 0 aliphatic rings. The van der Waals surface area contributed by atoms with Gasteiger partial charge in [-0.1, -0.05) is 50.6 Å². The minimum atomic E-state index is -1.52. The molecular weight excluding hydrogens is 420 g/mol. The van der Waals surface area contributed by atoms with Gasteiger partial charge in [-0.15, -0.1) is 0 Å². The monoisotopic (exact) mass is 452 g/mol. The molecule has 1 rings (SSSR count). The second-order valence-corrected chi connectivity index (χ2v) is 7.49. The van der Waals surface area contributed by atoms with E-state index in [1.807, 2.05) is 0 Å². The zero-order valence-corrected chi connectivity index (χ0v) is 18.2. The van der Waals surface area contributed by atoms with Gasteiger partial charge in [-0.05, 0) is 11.5 Å². The molecule has 0 aliphatic heterocycles. The third-order valence-electron chi connectivity index (χ3n) is 5.04. The summed E-state index contributed by atoms with van der Waals surface area (Å²) in [6, 6.07) is 3.89. The Morgan fingerprint density at radius 3 is 2.00 bits per heavy atom. The Hall–Kier alpha value is -3.02. The average Bonchev–Trinajstić information content (AvgIpc) is 2.79. The van der Waals surface area contributed by atoms with Gasteiger partial charge in [0.2, 0.25) is 17.7 Å². The number of carboxylic acids is 1. The first-order chi connectivity index (χ1) is 15.1. The fraction of sp³-hybridized carbons (Fsp3) is 0.524. The normalized spacial score (nSPS) is 15.5. The van der Waals surface area contributed by atoms with Gasteiger partial charge in [-0.25, -0.2) is 4.79 Å². The number of rotatable bonds is 13. The van der Waals surface area contributed by atoms with Crippen molar-refractivity contribution < 1.29 is 34.5 Å². The van der Waals surface area contributed by atoms with Crippen molar-refractivity contribution in [3.05, 3.63) is 35.9 Å². The van der Waals surface area contributed by atoms with E-state index in [4.69, 9.17) is 21.1 Å². The molecule has 0 bridgehead atoms. The third-order valence-corrected chi connectivity index (χ3v) is 5.04. The lowest BCUT2D eigenvalue weighted by Crippen LogP contribution is -2.59. The molecule has 0 spiro atoms. The third kappa shape index (κ3) is 8.25. The maximum absolute atomic E-state index is 13.0. The molecule has 0 saturated heterocycles. The average molecular weight is 453 g/mol. The second kappa shape index (κ2) is 13.4. The topological polar surface area (TPSA) is 191 Å². The summed E-state index contributed by atoms with van der Waals surface area (Å²) < 4.78 is 0. The first-order valence-electron chi connectivity index (χ1n) is 10.3. The van der Waals surface area contributed by atoms with Crippen LogP contribution in [0.1, 0.15) is 25.8 Å². The highest BCUT2D eigenvalue weighted by molar-refractivity contribution is 5.94. The summed E-state index contributed by atoms with van der Waals surface area (Å²) in [5.74, 6) is -3.98. The first-order valence-corrected chi connectivity index (χ1v) is 10.3.